The molecular formula is C39H22N4O11. The highest BCUT2D eigenvalue weighted by Crippen LogP contribution is 2.40. The molecule has 1 N–H and O–H groups in total. The third-order valence-electron chi connectivity index (χ3n) is 7.52. The Morgan fingerprint density at radius 1 is 0.537 bits per heavy atom. The first-order valence-electron chi connectivity index (χ1n) is 15.7. The number of rotatable bonds is 9. The number of hydrogen-bond donors (Lipinski definition) is 1. The monoisotopic (exact) mass is 722 g/mol. The molecule has 0 aliphatic heterocycles. The molecule has 0 aliphatic rings. The fourth-order valence-electron chi connectivity index (χ4n) is 4.97. The van der Waals surface area contributed by atoms with Gasteiger partial charge in [-0.1, -0.05) is 0 Å². The maximum Gasteiger partial charge on any atom is 0.345 e. The van der Waals surface area contributed by atoms with Gasteiger partial charge in [-0.25, -0.2) is 19.2 Å². The van der Waals surface area contributed by atoms with Crippen LogP contribution in [-0.2, 0) is 0 Å². The number of aromatic nitrogens is 4. The van der Waals surface area contributed by atoms with Crippen LogP contribution in [0.25, 0.3) is 22.3 Å². The third kappa shape index (κ3) is 7.35. The van der Waals surface area contributed by atoms with Crippen molar-refractivity contribution in [3.05, 3.63) is 161 Å². The topological polar surface area (TPSA) is 207 Å². The van der Waals surface area contributed by atoms with Crippen LogP contribution >= 0.6 is 0 Å². The van der Waals surface area contributed by atoms with Crippen molar-refractivity contribution in [1.29, 1.82) is 0 Å². The van der Waals surface area contributed by atoms with E-state index in [0.29, 0.717) is 0 Å². The molecule has 54 heavy (non-hydrogen) atoms. The third-order valence-corrected chi connectivity index (χ3v) is 7.52. The Morgan fingerprint density at radius 2 is 1.00 bits per heavy atom. The van der Waals surface area contributed by atoms with Gasteiger partial charge in [0.05, 0.1) is 22.3 Å². The minimum atomic E-state index is -1.04. The number of carbonyl (C=O) groups is 4. The molecular weight excluding hydrogens is 700 g/mol. The zero-order valence-electron chi connectivity index (χ0n) is 27.4. The first-order valence-corrected chi connectivity index (χ1v) is 15.7. The van der Waals surface area contributed by atoms with Crippen LogP contribution in [0.3, 0.4) is 0 Å². The molecule has 5 aromatic heterocycles. The Morgan fingerprint density at radius 3 is 1.48 bits per heavy atom. The lowest BCUT2D eigenvalue weighted by atomic mass is 10.1. The van der Waals surface area contributed by atoms with Crippen LogP contribution in [0.15, 0.2) is 138 Å². The van der Waals surface area contributed by atoms with Crippen molar-refractivity contribution >= 4 is 34.8 Å². The molecule has 0 saturated heterocycles. The predicted octanol–water partition coefficient (Wildman–Crippen LogP) is 5.62. The van der Waals surface area contributed by atoms with Gasteiger partial charge in [-0.15, -0.1) is 0 Å². The van der Waals surface area contributed by atoms with Crippen LogP contribution in [0.5, 0.6) is 28.7 Å². The van der Waals surface area contributed by atoms with E-state index in [9.17, 15) is 29.1 Å². The Bertz CT molecular complexity index is 2600. The van der Waals surface area contributed by atoms with Crippen molar-refractivity contribution < 1.29 is 47.6 Å². The highest BCUT2D eigenvalue weighted by atomic mass is 16.6. The molecule has 0 aliphatic carbocycles. The van der Waals surface area contributed by atoms with Crippen molar-refractivity contribution in [1.82, 2.24) is 19.9 Å². The second kappa shape index (κ2) is 15.0. The Kier molecular flexibility index (Phi) is 9.58. The predicted molar refractivity (Wildman–Crippen MR) is 186 cm³/mol. The Balaban J connectivity index is 1.33. The SMILES string of the molecule is O=C(Oc1cc(OC(=O)c2cccnc2)c2c(=O)c(O)c(-c3ccc(OC(=O)c4cccnc4)c(OC(=O)c4cccnc4)c3)oc2c1)c1cccnc1. The number of esters is 4. The van der Waals surface area contributed by atoms with Crippen LogP contribution in [-0.4, -0.2) is 48.9 Å². The molecule has 0 radical (unpaired) electrons. The van der Waals surface area contributed by atoms with E-state index >= 15 is 0 Å². The normalized spacial score (nSPS) is 10.7. The summed E-state index contributed by atoms with van der Waals surface area (Å²) >= 11 is 0. The molecule has 15 nitrogen and oxygen atoms in total. The number of aromatic hydroxyl groups is 1. The molecule has 0 spiro atoms. The van der Waals surface area contributed by atoms with Gasteiger partial charge in [0, 0.05) is 67.3 Å². The summed E-state index contributed by atoms with van der Waals surface area (Å²) in [7, 11) is 0. The molecule has 15 heteroatoms. The summed E-state index contributed by atoms with van der Waals surface area (Å²) in [6, 6.07) is 18.0. The van der Waals surface area contributed by atoms with Gasteiger partial charge in [0.2, 0.25) is 11.2 Å². The van der Waals surface area contributed by atoms with Crippen molar-refractivity contribution in [2.24, 2.45) is 0 Å². The number of ether oxygens (including phenoxy) is 4. The lowest BCUT2D eigenvalue weighted by Gasteiger charge is -2.14. The lowest BCUT2D eigenvalue weighted by Crippen LogP contribution is -2.14. The molecule has 0 amide bonds. The molecule has 0 unspecified atom stereocenters. The first-order chi connectivity index (χ1) is 26.2. The number of carbonyl (C=O) groups excluding carboxylic acids is 4. The fraction of sp³-hybridized carbons (Fsp3) is 0. The van der Waals surface area contributed by atoms with Crippen LogP contribution < -0.4 is 24.4 Å². The molecule has 0 bridgehead atoms. The van der Waals surface area contributed by atoms with Gasteiger partial charge in [0.25, 0.3) is 0 Å². The largest absolute Gasteiger partial charge is 0.502 e. The van der Waals surface area contributed by atoms with E-state index in [1.165, 1.54) is 122 Å². The molecule has 264 valence electrons. The van der Waals surface area contributed by atoms with E-state index < -0.39 is 46.6 Å². The minimum Gasteiger partial charge on any atom is -0.502 e. The number of benzene rings is 2. The van der Waals surface area contributed by atoms with Gasteiger partial charge in [-0.05, 0) is 66.7 Å². The smallest absolute Gasteiger partial charge is 0.345 e. The highest BCUT2D eigenvalue weighted by molar-refractivity contribution is 5.97. The summed E-state index contributed by atoms with van der Waals surface area (Å²) in [4.78, 5) is 81.5. The number of fused-ring (bicyclic) bond motifs is 1. The zero-order chi connectivity index (χ0) is 37.6. The summed E-state index contributed by atoms with van der Waals surface area (Å²) in [5, 5.41) is 10.9. The lowest BCUT2D eigenvalue weighted by molar-refractivity contribution is 0.0682. The summed E-state index contributed by atoms with van der Waals surface area (Å²) < 4.78 is 28.2. The minimum absolute atomic E-state index is 0.0201. The van der Waals surface area contributed by atoms with Gasteiger partial charge in [0.15, 0.2) is 17.3 Å². The maximum atomic E-state index is 13.8. The van der Waals surface area contributed by atoms with Crippen LogP contribution in [0.4, 0.5) is 0 Å². The van der Waals surface area contributed by atoms with Crippen LogP contribution in [0.1, 0.15) is 41.4 Å². The van der Waals surface area contributed by atoms with Gasteiger partial charge >= 0.3 is 23.9 Å². The Hall–Kier alpha value is -8.07. The fourth-order valence-corrected chi connectivity index (χ4v) is 4.97. The average Bonchev–Trinajstić information content (AvgIpc) is 3.21. The van der Waals surface area contributed by atoms with E-state index in [-0.39, 0.29) is 56.0 Å². The number of nitrogens with zero attached hydrogens (tertiary/aromatic N) is 4. The van der Waals surface area contributed by atoms with Gasteiger partial charge in [0.1, 0.15) is 22.5 Å². The highest BCUT2D eigenvalue weighted by Gasteiger charge is 2.25. The van der Waals surface area contributed by atoms with Crippen molar-refractivity contribution in [2.45, 2.75) is 0 Å². The van der Waals surface area contributed by atoms with Gasteiger partial charge in [-0.3, -0.25) is 24.7 Å². The van der Waals surface area contributed by atoms with Crippen LogP contribution in [0.2, 0.25) is 0 Å². The van der Waals surface area contributed by atoms with E-state index in [4.69, 9.17) is 23.4 Å². The van der Waals surface area contributed by atoms with Crippen molar-refractivity contribution in [3.63, 3.8) is 0 Å². The van der Waals surface area contributed by atoms with Gasteiger partial charge in [-0.2, -0.15) is 0 Å². The van der Waals surface area contributed by atoms with E-state index in [0.717, 1.165) is 6.07 Å². The van der Waals surface area contributed by atoms with Crippen LogP contribution in [0, 0.1) is 0 Å². The molecule has 0 atom stereocenters. The molecule has 5 heterocycles. The summed E-state index contributed by atoms with van der Waals surface area (Å²) in [5.41, 5.74) is -1.04. The van der Waals surface area contributed by atoms with Crippen molar-refractivity contribution in [3.8, 4) is 40.1 Å². The van der Waals surface area contributed by atoms with Gasteiger partial charge < -0.3 is 28.5 Å². The molecule has 7 rings (SSSR count). The zero-order valence-corrected chi connectivity index (χ0v) is 27.4. The van der Waals surface area contributed by atoms with E-state index in [2.05, 4.69) is 19.9 Å². The standard InChI is InChI=1S/C39H22N4O11/c44-33-32-30(16-27(50-36(46)23-5-1-11-40-18-23)17-31(32)54-39(49)26-8-4-14-43-21-26)51-35(34(33)45)22-9-10-28(52-37(47)24-6-2-12-41-19-24)29(15-22)53-38(48)25-7-3-13-42-20-25/h1-21,45H. The Labute approximate surface area is 303 Å². The molecule has 2 aromatic carbocycles. The number of hydrogen-bond acceptors (Lipinski definition) is 15. The maximum absolute atomic E-state index is 13.8. The summed E-state index contributed by atoms with van der Waals surface area (Å²) in [6.45, 7) is 0. The average molecular weight is 723 g/mol. The second-order valence-corrected chi connectivity index (χ2v) is 11.1. The van der Waals surface area contributed by atoms with Crippen molar-refractivity contribution in [2.75, 3.05) is 0 Å². The second-order valence-electron chi connectivity index (χ2n) is 11.1. The quantitative estimate of drug-likeness (QED) is 0.142. The van der Waals surface area contributed by atoms with E-state index in [1.54, 1.807) is 0 Å². The summed E-state index contributed by atoms with van der Waals surface area (Å²) in [6.07, 6.45) is 10.9. The molecule has 0 fully saturated rings. The molecule has 0 saturated carbocycles. The summed E-state index contributed by atoms with van der Waals surface area (Å²) in [5.74, 6) is -5.91. The first kappa shape index (κ1) is 34.4. The van der Waals surface area contributed by atoms with E-state index in [1.807, 2.05) is 0 Å². The molecule has 7 aromatic rings. The number of pyridine rings is 4.